The predicted octanol–water partition coefficient (Wildman–Crippen LogP) is 3.24. The van der Waals surface area contributed by atoms with E-state index >= 15 is 0 Å². The lowest BCUT2D eigenvalue weighted by molar-refractivity contribution is 0.748. The molecule has 1 heterocycles. The molecule has 1 aromatic heterocycles. The molecule has 0 saturated carbocycles. The summed E-state index contributed by atoms with van der Waals surface area (Å²) in [4.78, 5) is 20.8. The van der Waals surface area contributed by atoms with Gasteiger partial charge in [-0.25, -0.2) is 9.98 Å². The summed E-state index contributed by atoms with van der Waals surface area (Å²) in [7, 11) is 0. The maximum Gasteiger partial charge on any atom is 0.261 e. The van der Waals surface area contributed by atoms with Crippen LogP contribution < -0.4 is 5.56 Å². The highest BCUT2D eigenvalue weighted by Gasteiger charge is 2.06. The van der Waals surface area contributed by atoms with Crippen LogP contribution in [0.2, 0.25) is 0 Å². The van der Waals surface area contributed by atoms with Gasteiger partial charge in [0, 0.05) is 0 Å². The summed E-state index contributed by atoms with van der Waals surface area (Å²) in [6.45, 7) is 0.461. The van der Waals surface area contributed by atoms with Crippen molar-refractivity contribution in [2.24, 2.45) is 4.99 Å². The number of benzene rings is 2. The Hall–Kier alpha value is -2.97. The third-order valence-corrected chi connectivity index (χ3v) is 3.49. The normalized spacial score (nSPS) is 11.4. The van der Waals surface area contributed by atoms with Crippen LogP contribution in [0, 0.1) is 11.3 Å². The first-order valence-corrected chi connectivity index (χ1v) is 7.22. The molecular formula is C17H11ClN4O. The lowest BCUT2D eigenvalue weighted by Gasteiger charge is -2.07. The van der Waals surface area contributed by atoms with Crippen LogP contribution in [0.4, 0.5) is 5.69 Å². The quantitative estimate of drug-likeness (QED) is 0.695. The zero-order valence-corrected chi connectivity index (χ0v) is 12.7. The van der Waals surface area contributed by atoms with Crippen molar-refractivity contribution >= 4 is 33.4 Å². The fourth-order valence-electron chi connectivity index (χ4n) is 2.25. The molecule has 0 radical (unpaired) electrons. The second-order valence-corrected chi connectivity index (χ2v) is 5.24. The van der Waals surface area contributed by atoms with Gasteiger partial charge in [-0.05, 0) is 23.8 Å². The van der Waals surface area contributed by atoms with E-state index in [0.717, 1.165) is 5.56 Å². The van der Waals surface area contributed by atoms with E-state index in [0.29, 0.717) is 23.1 Å². The van der Waals surface area contributed by atoms with Crippen LogP contribution in [0.15, 0.2) is 64.6 Å². The summed E-state index contributed by atoms with van der Waals surface area (Å²) >= 11 is 5.60. The molecule has 23 heavy (non-hydrogen) atoms. The van der Waals surface area contributed by atoms with Gasteiger partial charge in [0.15, 0.2) is 0 Å². The number of nitriles is 1. The van der Waals surface area contributed by atoms with E-state index in [1.54, 1.807) is 28.8 Å². The molecule has 0 saturated heterocycles. The third kappa shape index (κ3) is 3.28. The van der Waals surface area contributed by atoms with Crippen LogP contribution in [0.25, 0.3) is 10.9 Å². The Morgan fingerprint density at radius 1 is 1.26 bits per heavy atom. The summed E-state index contributed by atoms with van der Waals surface area (Å²) in [5.41, 5.74) is 1.90. The SMILES string of the molecule is N#CC(Cl)=Nc1ccc2c(=O)n(Cc3ccccc3)cnc2c1. The number of fused-ring (bicyclic) bond motifs is 1. The molecule has 0 unspecified atom stereocenters. The fraction of sp³-hybridized carbons (Fsp3) is 0.0588. The van der Waals surface area contributed by atoms with Crippen molar-refractivity contribution in [3.8, 4) is 6.07 Å². The van der Waals surface area contributed by atoms with E-state index in [4.69, 9.17) is 16.9 Å². The Morgan fingerprint density at radius 3 is 2.78 bits per heavy atom. The van der Waals surface area contributed by atoms with Crippen LogP contribution in [-0.4, -0.2) is 14.7 Å². The Labute approximate surface area is 137 Å². The zero-order valence-electron chi connectivity index (χ0n) is 12.0. The minimum absolute atomic E-state index is 0.124. The highest BCUT2D eigenvalue weighted by atomic mass is 35.5. The van der Waals surface area contributed by atoms with Crippen LogP contribution in [0.1, 0.15) is 5.56 Å². The first-order chi connectivity index (χ1) is 11.2. The average Bonchev–Trinajstić information content (AvgIpc) is 2.58. The smallest absolute Gasteiger partial charge is 0.261 e. The predicted molar refractivity (Wildman–Crippen MR) is 90.1 cm³/mol. The zero-order chi connectivity index (χ0) is 16.2. The molecule has 0 aliphatic heterocycles. The van der Waals surface area contributed by atoms with E-state index in [9.17, 15) is 4.79 Å². The second-order valence-electron chi connectivity index (χ2n) is 4.88. The van der Waals surface area contributed by atoms with Crippen molar-refractivity contribution in [2.75, 3.05) is 0 Å². The van der Waals surface area contributed by atoms with Gasteiger partial charge in [0.2, 0.25) is 5.17 Å². The molecule has 6 heteroatoms. The molecule has 2 aromatic carbocycles. The molecule has 3 rings (SSSR count). The standard InChI is InChI=1S/C17H11ClN4O/c18-16(9-19)21-13-6-7-14-15(8-13)20-11-22(17(14)23)10-12-4-2-1-3-5-12/h1-8,11H,10H2. The van der Waals surface area contributed by atoms with Crippen LogP contribution in [0.5, 0.6) is 0 Å². The van der Waals surface area contributed by atoms with Gasteiger partial charge in [-0.3, -0.25) is 9.36 Å². The number of aromatic nitrogens is 2. The number of halogens is 1. The molecule has 0 bridgehead atoms. The number of nitrogens with zero attached hydrogens (tertiary/aromatic N) is 4. The first-order valence-electron chi connectivity index (χ1n) is 6.85. The number of aliphatic imine (C=N–C) groups is 1. The van der Waals surface area contributed by atoms with E-state index in [1.807, 2.05) is 30.3 Å². The summed E-state index contributed by atoms with van der Waals surface area (Å²) in [6.07, 6.45) is 1.51. The number of rotatable bonds is 3. The van der Waals surface area contributed by atoms with Crippen LogP contribution in [-0.2, 0) is 6.54 Å². The maximum absolute atomic E-state index is 12.5. The lowest BCUT2D eigenvalue weighted by atomic mass is 10.2. The van der Waals surface area contributed by atoms with E-state index < -0.39 is 0 Å². The molecule has 0 aliphatic carbocycles. The van der Waals surface area contributed by atoms with Crippen LogP contribution >= 0.6 is 11.6 Å². The van der Waals surface area contributed by atoms with Gasteiger partial charge in [0.25, 0.3) is 5.56 Å². The Balaban J connectivity index is 2.02. The van der Waals surface area contributed by atoms with Gasteiger partial charge in [-0.2, -0.15) is 5.26 Å². The number of hydrogen-bond acceptors (Lipinski definition) is 4. The van der Waals surface area contributed by atoms with Gasteiger partial charge >= 0.3 is 0 Å². The topological polar surface area (TPSA) is 71.0 Å². The molecule has 0 fully saturated rings. The van der Waals surface area contributed by atoms with Crippen molar-refractivity contribution in [2.45, 2.75) is 6.54 Å². The molecule has 5 nitrogen and oxygen atoms in total. The molecular weight excluding hydrogens is 312 g/mol. The molecule has 0 amide bonds. The van der Waals surface area contributed by atoms with E-state index in [2.05, 4.69) is 9.98 Å². The number of hydrogen-bond donors (Lipinski definition) is 0. The Morgan fingerprint density at radius 2 is 2.04 bits per heavy atom. The van der Waals surface area contributed by atoms with Crippen LogP contribution in [0.3, 0.4) is 0 Å². The molecule has 0 spiro atoms. The van der Waals surface area contributed by atoms with Crippen molar-refractivity contribution < 1.29 is 0 Å². The van der Waals surface area contributed by atoms with Crippen molar-refractivity contribution in [1.82, 2.24) is 9.55 Å². The third-order valence-electron chi connectivity index (χ3n) is 3.32. The Kier molecular flexibility index (Phi) is 4.18. The summed E-state index contributed by atoms with van der Waals surface area (Å²) in [5, 5.41) is 8.98. The van der Waals surface area contributed by atoms with Crippen molar-refractivity contribution in [3.63, 3.8) is 0 Å². The van der Waals surface area contributed by atoms with Gasteiger partial charge in [0.05, 0.1) is 29.5 Å². The highest BCUT2D eigenvalue weighted by molar-refractivity contribution is 6.69. The Bertz CT molecular complexity index is 987. The lowest BCUT2D eigenvalue weighted by Crippen LogP contribution is -2.21. The minimum atomic E-state index is -0.165. The summed E-state index contributed by atoms with van der Waals surface area (Å²) < 4.78 is 1.56. The van der Waals surface area contributed by atoms with Gasteiger partial charge in [-0.1, -0.05) is 41.9 Å². The van der Waals surface area contributed by atoms with Gasteiger partial charge in [0.1, 0.15) is 6.07 Å². The molecule has 0 aliphatic rings. The van der Waals surface area contributed by atoms with E-state index in [1.165, 1.54) is 6.33 Å². The minimum Gasteiger partial charge on any atom is -0.294 e. The maximum atomic E-state index is 12.5. The highest BCUT2D eigenvalue weighted by Crippen LogP contribution is 2.18. The fourth-order valence-corrected chi connectivity index (χ4v) is 2.34. The average molecular weight is 323 g/mol. The molecule has 112 valence electrons. The van der Waals surface area contributed by atoms with Gasteiger partial charge < -0.3 is 0 Å². The van der Waals surface area contributed by atoms with Gasteiger partial charge in [-0.15, -0.1) is 0 Å². The first kappa shape index (κ1) is 14.9. The summed E-state index contributed by atoms with van der Waals surface area (Å²) in [5.74, 6) is 0. The molecule has 0 N–H and O–H groups in total. The summed E-state index contributed by atoms with van der Waals surface area (Å²) in [6, 6.07) is 16.3. The largest absolute Gasteiger partial charge is 0.294 e. The van der Waals surface area contributed by atoms with E-state index in [-0.39, 0.29) is 10.7 Å². The van der Waals surface area contributed by atoms with Crippen molar-refractivity contribution in [1.29, 1.82) is 5.26 Å². The molecule has 0 atom stereocenters. The monoisotopic (exact) mass is 322 g/mol. The molecule has 3 aromatic rings. The van der Waals surface area contributed by atoms with Crippen molar-refractivity contribution in [3.05, 3.63) is 70.8 Å². The second kappa shape index (κ2) is 6.42.